The van der Waals surface area contributed by atoms with Crippen LogP contribution in [0.15, 0.2) is 0 Å². The van der Waals surface area contributed by atoms with Crippen LogP contribution >= 0.6 is 0 Å². The average Bonchev–Trinajstić information content (AvgIpc) is 1.99. The number of carboxylic acid groups (broad SMARTS) is 2. The number of nitrogens with one attached hydrogen (secondary N) is 1. The third-order valence-corrected chi connectivity index (χ3v) is 1.66. The Balaban J connectivity index is 4.50. The van der Waals surface area contributed by atoms with Crippen LogP contribution < -0.4 is 5.32 Å². The van der Waals surface area contributed by atoms with E-state index < -0.39 is 35.7 Å². The molecule has 0 radical (unpaired) electrons. The van der Waals surface area contributed by atoms with Gasteiger partial charge in [-0.1, -0.05) is 20.8 Å². The number of carboxylic acids is 2. The van der Waals surface area contributed by atoms with E-state index >= 15 is 0 Å². The largest absolute Gasteiger partial charge is 0.481 e. The first-order valence-corrected chi connectivity index (χ1v) is 4.40. The normalized spacial score (nSPS) is 13.0. The molecule has 0 heterocycles. The quantitative estimate of drug-likeness (QED) is 0.618. The molecular weight excluding hydrogens is 202 g/mol. The van der Waals surface area contributed by atoms with Crippen molar-refractivity contribution < 1.29 is 24.6 Å². The highest BCUT2D eigenvalue weighted by Crippen LogP contribution is 2.13. The SMILES string of the molecule is CC(C)(C)C(=O)N[C@H](CC(=O)O)C(=O)O. The van der Waals surface area contributed by atoms with Crippen LogP contribution in [-0.4, -0.2) is 34.1 Å². The minimum Gasteiger partial charge on any atom is -0.481 e. The number of aliphatic carboxylic acids is 2. The van der Waals surface area contributed by atoms with Gasteiger partial charge < -0.3 is 15.5 Å². The van der Waals surface area contributed by atoms with E-state index in [1.54, 1.807) is 20.8 Å². The van der Waals surface area contributed by atoms with Crippen LogP contribution in [0.2, 0.25) is 0 Å². The fourth-order valence-electron chi connectivity index (χ4n) is 0.749. The highest BCUT2D eigenvalue weighted by molar-refractivity contribution is 5.88. The monoisotopic (exact) mass is 217 g/mol. The molecule has 6 nitrogen and oxygen atoms in total. The molecule has 0 aliphatic rings. The summed E-state index contributed by atoms with van der Waals surface area (Å²) in [6.07, 6.45) is -0.628. The van der Waals surface area contributed by atoms with Gasteiger partial charge in [-0.3, -0.25) is 9.59 Å². The summed E-state index contributed by atoms with van der Waals surface area (Å²) in [4.78, 5) is 32.3. The average molecular weight is 217 g/mol. The Morgan fingerprint density at radius 1 is 1.20 bits per heavy atom. The maximum absolute atomic E-state index is 11.4. The maximum Gasteiger partial charge on any atom is 0.326 e. The predicted octanol–water partition coefficient (Wildman–Crippen LogP) is 0.0766. The first-order valence-electron chi connectivity index (χ1n) is 4.40. The molecule has 0 aromatic heterocycles. The van der Waals surface area contributed by atoms with E-state index in [4.69, 9.17) is 10.2 Å². The maximum atomic E-state index is 11.4. The first kappa shape index (κ1) is 13.4. The molecule has 0 bridgehead atoms. The van der Waals surface area contributed by atoms with Crippen LogP contribution in [0.5, 0.6) is 0 Å². The van der Waals surface area contributed by atoms with Crippen molar-refractivity contribution in [3.8, 4) is 0 Å². The van der Waals surface area contributed by atoms with Crippen molar-refractivity contribution in [2.24, 2.45) is 5.41 Å². The van der Waals surface area contributed by atoms with Crippen molar-refractivity contribution in [2.45, 2.75) is 33.2 Å². The minimum atomic E-state index is -1.38. The van der Waals surface area contributed by atoms with Gasteiger partial charge in [0.05, 0.1) is 6.42 Å². The van der Waals surface area contributed by atoms with Crippen LogP contribution in [-0.2, 0) is 14.4 Å². The Bertz CT molecular complexity index is 279. The van der Waals surface area contributed by atoms with Gasteiger partial charge in [0.1, 0.15) is 6.04 Å². The molecule has 3 N–H and O–H groups in total. The zero-order valence-corrected chi connectivity index (χ0v) is 8.90. The van der Waals surface area contributed by atoms with Crippen LogP contribution in [0.1, 0.15) is 27.2 Å². The minimum absolute atomic E-state index is 0.490. The summed E-state index contributed by atoms with van der Waals surface area (Å²) in [7, 11) is 0. The summed E-state index contributed by atoms with van der Waals surface area (Å²) in [6.45, 7) is 4.84. The van der Waals surface area contributed by atoms with Gasteiger partial charge in [0.2, 0.25) is 5.91 Å². The zero-order valence-electron chi connectivity index (χ0n) is 8.90. The Hall–Kier alpha value is -1.59. The van der Waals surface area contributed by atoms with Gasteiger partial charge in [-0.15, -0.1) is 0 Å². The molecule has 0 aliphatic heterocycles. The van der Waals surface area contributed by atoms with Gasteiger partial charge in [0.25, 0.3) is 0 Å². The van der Waals surface area contributed by atoms with Gasteiger partial charge in [-0.2, -0.15) is 0 Å². The summed E-state index contributed by atoms with van der Waals surface area (Å²) >= 11 is 0. The predicted molar refractivity (Wildman–Crippen MR) is 51.3 cm³/mol. The van der Waals surface area contributed by atoms with E-state index in [1.807, 2.05) is 0 Å². The van der Waals surface area contributed by atoms with Gasteiger partial charge in [0, 0.05) is 5.41 Å². The summed E-state index contributed by atoms with van der Waals surface area (Å²) in [6, 6.07) is -1.38. The number of hydrogen-bond donors (Lipinski definition) is 3. The number of amides is 1. The third-order valence-electron chi connectivity index (χ3n) is 1.66. The number of carbonyl (C=O) groups excluding carboxylic acids is 1. The molecule has 15 heavy (non-hydrogen) atoms. The standard InChI is InChI=1S/C9H15NO5/c1-9(2,3)8(15)10-5(7(13)14)4-6(11)12/h5H,4H2,1-3H3,(H,10,15)(H,11,12)(H,13,14)/t5-/m1/s1. The molecule has 0 aromatic carbocycles. The highest BCUT2D eigenvalue weighted by Gasteiger charge is 2.28. The topological polar surface area (TPSA) is 104 Å². The summed E-state index contributed by atoms with van der Waals surface area (Å²) in [5, 5.41) is 19.3. The smallest absolute Gasteiger partial charge is 0.326 e. The van der Waals surface area contributed by atoms with Gasteiger partial charge >= 0.3 is 11.9 Å². The third kappa shape index (κ3) is 4.99. The van der Waals surface area contributed by atoms with Gasteiger partial charge in [-0.05, 0) is 0 Å². The second kappa shape index (κ2) is 4.77. The molecule has 0 saturated heterocycles. The first-order chi connectivity index (χ1) is 6.64. The highest BCUT2D eigenvalue weighted by atomic mass is 16.4. The molecule has 0 aliphatic carbocycles. The van der Waals surface area contributed by atoms with E-state index in [9.17, 15) is 14.4 Å². The van der Waals surface area contributed by atoms with Crippen LogP contribution in [0.25, 0.3) is 0 Å². The molecule has 0 aromatic rings. The lowest BCUT2D eigenvalue weighted by Crippen LogP contribution is -2.46. The summed E-state index contributed by atoms with van der Waals surface area (Å²) < 4.78 is 0. The molecule has 0 spiro atoms. The molecular formula is C9H15NO5. The Morgan fingerprint density at radius 3 is 1.93 bits per heavy atom. The van der Waals surface area contributed by atoms with E-state index in [0.717, 1.165) is 0 Å². The Kier molecular flexibility index (Phi) is 4.26. The molecule has 0 saturated carbocycles. The molecule has 86 valence electrons. The van der Waals surface area contributed by atoms with E-state index in [2.05, 4.69) is 5.32 Å². The van der Waals surface area contributed by atoms with Crippen LogP contribution in [0, 0.1) is 5.41 Å². The van der Waals surface area contributed by atoms with Crippen LogP contribution in [0.3, 0.4) is 0 Å². The van der Waals surface area contributed by atoms with E-state index in [1.165, 1.54) is 0 Å². The number of hydrogen-bond acceptors (Lipinski definition) is 3. The van der Waals surface area contributed by atoms with Crippen LogP contribution in [0.4, 0.5) is 0 Å². The van der Waals surface area contributed by atoms with Crippen molar-refractivity contribution in [3.63, 3.8) is 0 Å². The Labute approximate surface area is 87.3 Å². The molecule has 1 amide bonds. The molecule has 0 rings (SSSR count). The second-order valence-corrected chi connectivity index (χ2v) is 4.21. The summed E-state index contributed by atoms with van der Waals surface area (Å²) in [5.74, 6) is -3.11. The molecule has 1 atom stereocenters. The van der Waals surface area contributed by atoms with Crippen molar-refractivity contribution in [3.05, 3.63) is 0 Å². The molecule has 0 fully saturated rings. The number of carbonyl (C=O) groups is 3. The van der Waals surface area contributed by atoms with E-state index in [0.29, 0.717) is 0 Å². The second-order valence-electron chi connectivity index (χ2n) is 4.21. The van der Waals surface area contributed by atoms with Crippen molar-refractivity contribution >= 4 is 17.8 Å². The van der Waals surface area contributed by atoms with E-state index in [-0.39, 0.29) is 0 Å². The Morgan fingerprint density at radius 2 is 1.67 bits per heavy atom. The fourth-order valence-corrected chi connectivity index (χ4v) is 0.749. The fraction of sp³-hybridized carbons (Fsp3) is 0.667. The van der Waals surface area contributed by atoms with Gasteiger partial charge in [0.15, 0.2) is 0 Å². The molecule has 6 heteroatoms. The van der Waals surface area contributed by atoms with Crippen molar-refractivity contribution in [1.82, 2.24) is 5.32 Å². The number of rotatable bonds is 4. The van der Waals surface area contributed by atoms with Crippen molar-refractivity contribution in [2.75, 3.05) is 0 Å². The lowest BCUT2D eigenvalue weighted by Gasteiger charge is -2.20. The lowest BCUT2D eigenvalue weighted by molar-refractivity contribution is -0.148. The lowest BCUT2D eigenvalue weighted by atomic mass is 9.95. The van der Waals surface area contributed by atoms with Crippen molar-refractivity contribution in [1.29, 1.82) is 0 Å². The summed E-state index contributed by atoms with van der Waals surface area (Å²) in [5.41, 5.74) is -0.744. The zero-order chi connectivity index (χ0) is 12.2. The molecule has 0 unspecified atom stereocenters. The van der Waals surface area contributed by atoms with Gasteiger partial charge in [-0.25, -0.2) is 4.79 Å².